The summed E-state index contributed by atoms with van der Waals surface area (Å²) in [6.07, 6.45) is 1.64. The Labute approximate surface area is 188 Å². The van der Waals surface area contributed by atoms with Gasteiger partial charge in [-0.15, -0.1) is 10.2 Å². The minimum Gasteiger partial charge on any atom is -0.496 e. The van der Waals surface area contributed by atoms with Gasteiger partial charge in [0, 0.05) is 38.3 Å². The summed E-state index contributed by atoms with van der Waals surface area (Å²) in [6.45, 7) is 2.40. The van der Waals surface area contributed by atoms with Gasteiger partial charge in [-0.05, 0) is 30.0 Å². The Morgan fingerprint density at radius 3 is 2.55 bits per heavy atom. The summed E-state index contributed by atoms with van der Waals surface area (Å²) >= 11 is 0. The van der Waals surface area contributed by atoms with E-state index in [0.29, 0.717) is 48.6 Å². The lowest BCUT2D eigenvalue weighted by Crippen LogP contribution is -2.26. The van der Waals surface area contributed by atoms with Gasteiger partial charge >= 0.3 is 0 Å². The molecule has 0 atom stereocenters. The number of nitrogens with one attached hydrogen (secondary N) is 1. The fraction of sp³-hybridized carbons (Fsp3) is 0.333. The SMILES string of the molecule is COc1cc2c(cc1C(=O)N1Cc3ccccc3C1)[nH]c(=O)c1nnc(C3CCOCC3)n12. The summed E-state index contributed by atoms with van der Waals surface area (Å²) < 4.78 is 12.9. The summed E-state index contributed by atoms with van der Waals surface area (Å²) in [5.74, 6) is 1.19. The molecule has 33 heavy (non-hydrogen) atoms. The monoisotopic (exact) mass is 445 g/mol. The first-order chi connectivity index (χ1) is 16.1. The smallest absolute Gasteiger partial charge is 0.294 e. The summed E-state index contributed by atoms with van der Waals surface area (Å²) in [6, 6.07) is 11.5. The van der Waals surface area contributed by atoms with Crippen LogP contribution in [0, 0.1) is 0 Å². The molecule has 0 saturated carbocycles. The highest BCUT2D eigenvalue weighted by Gasteiger charge is 2.28. The van der Waals surface area contributed by atoms with Gasteiger partial charge in [0.05, 0.1) is 23.7 Å². The molecule has 0 spiro atoms. The molecule has 0 aliphatic carbocycles. The van der Waals surface area contributed by atoms with Crippen LogP contribution in [0.15, 0.2) is 41.2 Å². The Kier molecular flexibility index (Phi) is 4.65. The molecule has 9 nitrogen and oxygen atoms in total. The number of benzene rings is 2. The van der Waals surface area contributed by atoms with Gasteiger partial charge in [-0.2, -0.15) is 0 Å². The first-order valence-electron chi connectivity index (χ1n) is 11.1. The number of fused-ring (bicyclic) bond motifs is 4. The van der Waals surface area contributed by atoms with Gasteiger partial charge < -0.3 is 19.4 Å². The molecular weight excluding hydrogens is 422 g/mol. The molecule has 1 amide bonds. The van der Waals surface area contributed by atoms with Gasteiger partial charge in [-0.1, -0.05) is 24.3 Å². The number of carbonyl (C=O) groups is 1. The average Bonchev–Trinajstić information content (AvgIpc) is 3.49. The van der Waals surface area contributed by atoms with Crippen molar-refractivity contribution in [3.05, 3.63) is 69.3 Å². The Morgan fingerprint density at radius 1 is 1.12 bits per heavy atom. The maximum absolute atomic E-state index is 13.5. The molecule has 0 unspecified atom stereocenters. The third kappa shape index (κ3) is 3.19. The predicted molar refractivity (Wildman–Crippen MR) is 120 cm³/mol. The zero-order valence-corrected chi connectivity index (χ0v) is 18.2. The van der Waals surface area contributed by atoms with Crippen molar-refractivity contribution in [2.75, 3.05) is 20.3 Å². The first-order valence-corrected chi connectivity index (χ1v) is 11.1. The van der Waals surface area contributed by atoms with Gasteiger partial charge in [-0.3, -0.25) is 14.0 Å². The lowest BCUT2D eigenvalue weighted by atomic mass is 9.99. The molecule has 0 bridgehead atoms. The lowest BCUT2D eigenvalue weighted by molar-refractivity contribution is 0.0748. The quantitative estimate of drug-likeness (QED) is 0.520. The van der Waals surface area contributed by atoms with Gasteiger partial charge in [0.25, 0.3) is 11.5 Å². The molecule has 2 aromatic carbocycles. The molecule has 1 saturated heterocycles. The Balaban J connectivity index is 1.47. The molecule has 9 heteroatoms. The van der Waals surface area contributed by atoms with Crippen molar-refractivity contribution < 1.29 is 14.3 Å². The third-order valence-corrected chi connectivity index (χ3v) is 6.64. The molecule has 1 N–H and O–H groups in total. The van der Waals surface area contributed by atoms with Crippen LogP contribution in [0.3, 0.4) is 0 Å². The summed E-state index contributed by atoms with van der Waals surface area (Å²) in [5.41, 5.74) is 3.84. The van der Waals surface area contributed by atoms with E-state index in [1.54, 1.807) is 28.5 Å². The molecule has 1 fully saturated rings. The minimum atomic E-state index is -0.342. The van der Waals surface area contributed by atoms with E-state index in [-0.39, 0.29) is 23.0 Å². The standard InChI is InChI=1S/C24H23N5O4/c1-32-20-11-19-18(10-17(20)24(31)28-12-15-4-2-3-5-16(15)13-28)25-23(30)22-27-26-21(29(19)22)14-6-8-33-9-7-14/h2-5,10-11,14H,6-9,12-13H2,1H3,(H,25,30). The van der Waals surface area contributed by atoms with Crippen LogP contribution >= 0.6 is 0 Å². The van der Waals surface area contributed by atoms with Crippen LogP contribution in [0.2, 0.25) is 0 Å². The maximum Gasteiger partial charge on any atom is 0.294 e. The van der Waals surface area contributed by atoms with E-state index in [0.717, 1.165) is 29.8 Å². The van der Waals surface area contributed by atoms with E-state index in [2.05, 4.69) is 15.2 Å². The summed E-state index contributed by atoms with van der Waals surface area (Å²) in [5, 5.41) is 8.51. The highest BCUT2D eigenvalue weighted by molar-refractivity contribution is 6.01. The van der Waals surface area contributed by atoms with Gasteiger partial charge in [-0.25, -0.2) is 0 Å². The second kappa shape index (κ2) is 7.70. The molecule has 168 valence electrons. The van der Waals surface area contributed by atoms with E-state index in [1.165, 1.54) is 0 Å². The number of carbonyl (C=O) groups excluding carboxylic acids is 1. The molecule has 2 aromatic heterocycles. The lowest BCUT2D eigenvalue weighted by Gasteiger charge is -2.21. The van der Waals surface area contributed by atoms with E-state index < -0.39 is 0 Å². The van der Waals surface area contributed by atoms with Crippen molar-refractivity contribution in [3.63, 3.8) is 0 Å². The third-order valence-electron chi connectivity index (χ3n) is 6.64. The van der Waals surface area contributed by atoms with Gasteiger partial charge in [0.15, 0.2) is 0 Å². The topological polar surface area (TPSA) is 102 Å². The summed E-state index contributed by atoms with van der Waals surface area (Å²) in [7, 11) is 1.55. The van der Waals surface area contributed by atoms with E-state index in [1.807, 2.05) is 24.3 Å². The van der Waals surface area contributed by atoms with Crippen molar-refractivity contribution in [2.24, 2.45) is 0 Å². The fourth-order valence-electron chi connectivity index (χ4n) is 4.92. The molecular formula is C24H23N5O4. The van der Waals surface area contributed by atoms with Crippen molar-refractivity contribution in [3.8, 4) is 5.75 Å². The first kappa shape index (κ1) is 19.9. The highest BCUT2D eigenvalue weighted by atomic mass is 16.5. The fourth-order valence-corrected chi connectivity index (χ4v) is 4.92. The molecule has 2 aliphatic rings. The highest BCUT2D eigenvalue weighted by Crippen LogP contribution is 2.32. The van der Waals surface area contributed by atoms with Crippen molar-refractivity contribution >= 4 is 22.6 Å². The normalized spacial score (nSPS) is 16.5. The molecule has 6 rings (SSSR count). The zero-order valence-electron chi connectivity index (χ0n) is 18.2. The molecule has 2 aliphatic heterocycles. The van der Waals surface area contributed by atoms with Gasteiger partial charge in [0.1, 0.15) is 11.6 Å². The molecule has 4 aromatic rings. The average molecular weight is 445 g/mol. The van der Waals surface area contributed by atoms with Crippen LogP contribution in [0.25, 0.3) is 16.7 Å². The Morgan fingerprint density at radius 2 is 1.85 bits per heavy atom. The van der Waals surface area contributed by atoms with Crippen LogP contribution in [0.1, 0.15) is 46.1 Å². The largest absolute Gasteiger partial charge is 0.496 e. The number of hydrogen-bond acceptors (Lipinski definition) is 6. The maximum atomic E-state index is 13.5. The van der Waals surface area contributed by atoms with E-state index in [4.69, 9.17) is 9.47 Å². The number of amides is 1. The number of H-pyrrole nitrogens is 1. The van der Waals surface area contributed by atoms with Crippen molar-refractivity contribution in [2.45, 2.75) is 31.8 Å². The van der Waals surface area contributed by atoms with Crippen LogP contribution in [0.4, 0.5) is 0 Å². The number of rotatable bonds is 3. The Bertz CT molecular complexity index is 1430. The van der Waals surface area contributed by atoms with E-state index in [9.17, 15) is 9.59 Å². The zero-order chi connectivity index (χ0) is 22.5. The van der Waals surface area contributed by atoms with Crippen LogP contribution < -0.4 is 10.3 Å². The van der Waals surface area contributed by atoms with E-state index >= 15 is 0 Å². The molecule has 4 heterocycles. The van der Waals surface area contributed by atoms with Gasteiger partial charge in [0.2, 0.25) is 5.65 Å². The summed E-state index contributed by atoms with van der Waals surface area (Å²) in [4.78, 5) is 30.9. The number of aromatic amines is 1. The van der Waals surface area contributed by atoms with Crippen LogP contribution in [-0.4, -0.2) is 50.7 Å². The minimum absolute atomic E-state index is 0.140. The Hall–Kier alpha value is -3.72. The number of hydrogen-bond donors (Lipinski definition) is 1. The van der Waals surface area contributed by atoms with Crippen molar-refractivity contribution in [1.82, 2.24) is 24.5 Å². The van der Waals surface area contributed by atoms with Crippen molar-refractivity contribution in [1.29, 1.82) is 0 Å². The number of aromatic nitrogens is 4. The molecule has 0 radical (unpaired) electrons. The second-order valence-corrected chi connectivity index (χ2v) is 8.56. The number of nitrogens with zero attached hydrogens (tertiary/aromatic N) is 4. The predicted octanol–water partition coefficient (Wildman–Crippen LogP) is 2.63. The van der Waals surface area contributed by atoms with Crippen LogP contribution in [-0.2, 0) is 17.8 Å². The van der Waals surface area contributed by atoms with Crippen LogP contribution in [0.5, 0.6) is 5.75 Å². The second-order valence-electron chi connectivity index (χ2n) is 8.56. The number of ether oxygens (including phenoxy) is 2. The number of methoxy groups -OCH3 is 1.